The maximum atomic E-state index is 4.72. The summed E-state index contributed by atoms with van der Waals surface area (Å²) in [6.07, 6.45) is 4.62. The average Bonchev–Trinajstić information content (AvgIpc) is 3.19. The molecule has 0 radical (unpaired) electrons. The fourth-order valence-corrected chi connectivity index (χ4v) is 4.46. The molecule has 1 aromatic heterocycles. The van der Waals surface area contributed by atoms with Crippen LogP contribution in [0.15, 0.2) is 23.3 Å². The van der Waals surface area contributed by atoms with Gasteiger partial charge in [-0.2, -0.15) is 11.8 Å². The van der Waals surface area contributed by atoms with Gasteiger partial charge in [-0.15, -0.1) is 24.0 Å². The first-order valence-electron chi connectivity index (χ1n) is 9.77. The van der Waals surface area contributed by atoms with Crippen LogP contribution < -0.4 is 15.5 Å². The number of nitrogens with zero attached hydrogens (tertiary/aromatic N) is 4. The van der Waals surface area contributed by atoms with Crippen LogP contribution in [-0.2, 0) is 6.54 Å². The standard InChI is InChI=1S/C19H32N6S.HI/c1-3-20-19(23-15-17-5-4-12-26-17)22-14-16-6-7-18(21-13-16)25-10-8-24(2)9-11-25;/h6-7,13,17H,3-5,8-12,14-15H2,1-2H3,(H2,20,22,23);1H. The van der Waals surface area contributed by atoms with E-state index in [2.05, 4.69) is 63.3 Å². The minimum Gasteiger partial charge on any atom is -0.357 e. The normalized spacial score (nSPS) is 21.0. The average molecular weight is 504 g/mol. The van der Waals surface area contributed by atoms with E-state index in [1.54, 1.807) is 0 Å². The maximum Gasteiger partial charge on any atom is 0.191 e. The second kappa shape index (κ2) is 12.0. The van der Waals surface area contributed by atoms with E-state index in [9.17, 15) is 0 Å². The number of rotatable bonds is 6. The first kappa shape index (κ1) is 22.5. The number of aliphatic imine (C=N–C) groups is 1. The van der Waals surface area contributed by atoms with Gasteiger partial charge in [0, 0.05) is 50.7 Å². The van der Waals surface area contributed by atoms with Gasteiger partial charge in [-0.1, -0.05) is 6.07 Å². The van der Waals surface area contributed by atoms with E-state index in [0.717, 1.165) is 61.9 Å². The molecule has 3 rings (SSSR count). The summed E-state index contributed by atoms with van der Waals surface area (Å²) in [5.74, 6) is 3.28. The summed E-state index contributed by atoms with van der Waals surface area (Å²) in [5.41, 5.74) is 1.15. The zero-order valence-corrected chi connectivity index (χ0v) is 19.6. The topological polar surface area (TPSA) is 55.8 Å². The third kappa shape index (κ3) is 7.30. The van der Waals surface area contributed by atoms with Crippen molar-refractivity contribution in [1.29, 1.82) is 0 Å². The molecule has 0 spiro atoms. The number of halogens is 1. The molecule has 3 heterocycles. The summed E-state index contributed by atoms with van der Waals surface area (Å²) >= 11 is 2.07. The van der Waals surface area contributed by atoms with Crippen LogP contribution in [-0.4, -0.2) is 73.2 Å². The molecule has 8 heteroatoms. The number of piperazine rings is 1. The Kier molecular flexibility index (Phi) is 9.99. The largest absolute Gasteiger partial charge is 0.357 e. The first-order valence-corrected chi connectivity index (χ1v) is 10.8. The number of pyridine rings is 1. The van der Waals surface area contributed by atoms with E-state index < -0.39 is 0 Å². The molecule has 2 fully saturated rings. The van der Waals surface area contributed by atoms with Crippen LogP contribution in [0.4, 0.5) is 5.82 Å². The van der Waals surface area contributed by atoms with Crippen molar-refractivity contribution < 1.29 is 0 Å². The molecular formula is C19H33IN6S. The van der Waals surface area contributed by atoms with E-state index in [1.807, 2.05) is 6.20 Å². The molecule has 0 saturated carbocycles. The van der Waals surface area contributed by atoms with Crippen LogP contribution in [0.25, 0.3) is 0 Å². The third-order valence-electron chi connectivity index (χ3n) is 4.92. The van der Waals surface area contributed by atoms with E-state index >= 15 is 0 Å². The number of nitrogens with one attached hydrogen (secondary N) is 2. The van der Waals surface area contributed by atoms with Crippen LogP contribution in [0.5, 0.6) is 0 Å². The summed E-state index contributed by atoms with van der Waals surface area (Å²) < 4.78 is 0. The van der Waals surface area contributed by atoms with Crippen molar-refractivity contribution in [2.45, 2.75) is 31.6 Å². The van der Waals surface area contributed by atoms with Gasteiger partial charge in [-0.05, 0) is 44.2 Å². The molecular weight excluding hydrogens is 471 g/mol. The minimum atomic E-state index is 0. The molecule has 1 aromatic rings. The first-order chi connectivity index (χ1) is 12.7. The van der Waals surface area contributed by atoms with Crippen LogP contribution >= 0.6 is 35.7 Å². The van der Waals surface area contributed by atoms with E-state index in [-0.39, 0.29) is 24.0 Å². The Hall–Kier alpha value is -0.740. The molecule has 2 N–H and O–H groups in total. The monoisotopic (exact) mass is 504 g/mol. The lowest BCUT2D eigenvalue weighted by molar-refractivity contribution is 0.312. The second-order valence-electron chi connectivity index (χ2n) is 7.03. The lowest BCUT2D eigenvalue weighted by atomic mass is 10.2. The predicted octanol–water partition coefficient (Wildman–Crippen LogP) is 2.40. The van der Waals surface area contributed by atoms with Gasteiger partial charge < -0.3 is 20.4 Å². The van der Waals surface area contributed by atoms with Gasteiger partial charge in [0.1, 0.15) is 5.82 Å². The summed E-state index contributed by atoms with van der Waals surface area (Å²) in [7, 11) is 2.17. The summed E-state index contributed by atoms with van der Waals surface area (Å²) in [4.78, 5) is 14.1. The van der Waals surface area contributed by atoms with Crippen molar-refractivity contribution in [2.24, 2.45) is 4.99 Å². The second-order valence-corrected chi connectivity index (χ2v) is 8.43. The van der Waals surface area contributed by atoms with Gasteiger partial charge in [0.05, 0.1) is 6.54 Å². The van der Waals surface area contributed by atoms with Crippen LogP contribution in [0.1, 0.15) is 25.3 Å². The van der Waals surface area contributed by atoms with Crippen molar-refractivity contribution in [3.05, 3.63) is 23.9 Å². The fourth-order valence-electron chi connectivity index (χ4n) is 3.26. The molecule has 2 aliphatic rings. The van der Waals surface area contributed by atoms with E-state index in [1.165, 1.54) is 18.6 Å². The number of anilines is 1. The molecule has 0 aliphatic carbocycles. The SMILES string of the molecule is CCNC(=NCc1ccc(N2CCN(C)CC2)nc1)NCC1CCCS1.I. The maximum absolute atomic E-state index is 4.72. The Balaban J connectivity index is 0.00000261. The number of hydrogen-bond acceptors (Lipinski definition) is 5. The Morgan fingerprint density at radius 2 is 2.07 bits per heavy atom. The quantitative estimate of drug-likeness (QED) is 0.353. The highest BCUT2D eigenvalue weighted by atomic mass is 127. The van der Waals surface area contributed by atoms with Gasteiger partial charge in [0.25, 0.3) is 0 Å². The van der Waals surface area contributed by atoms with E-state index in [0.29, 0.717) is 6.54 Å². The lowest BCUT2D eigenvalue weighted by Crippen LogP contribution is -2.44. The molecule has 6 nitrogen and oxygen atoms in total. The van der Waals surface area contributed by atoms with Gasteiger partial charge in [-0.3, -0.25) is 0 Å². The third-order valence-corrected chi connectivity index (χ3v) is 6.32. The van der Waals surface area contributed by atoms with Crippen LogP contribution in [0.3, 0.4) is 0 Å². The lowest BCUT2D eigenvalue weighted by Gasteiger charge is -2.33. The molecule has 2 aliphatic heterocycles. The highest BCUT2D eigenvalue weighted by Crippen LogP contribution is 2.25. The minimum absolute atomic E-state index is 0. The molecule has 152 valence electrons. The van der Waals surface area contributed by atoms with Crippen molar-refractivity contribution >= 4 is 47.5 Å². The number of thioether (sulfide) groups is 1. The number of hydrogen-bond donors (Lipinski definition) is 2. The molecule has 0 aromatic carbocycles. The number of aromatic nitrogens is 1. The molecule has 1 atom stereocenters. The van der Waals surface area contributed by atoms with Crippen molar-refractivity contribution in [1.82, 2.24) is 20.5 Å². The Morgan fingerprint density at radius 1 is 1.26 bits per heavy atom. The van der Waals surface area contributed by atoms with E-state index in [4.69, 9.17) is 4.99 Å². The van der Waals surface area contributed by atoms with Crippen molar-refractivity contribution in [2.75, 3.05) is 57.0 Å². The molecule has 1 unspecified atom stereocenters. The summed E-state index contributed by atoms with van der Waals surface area (Å²) in [6.45, 7) is 8.94. The number of likely N-dealkylation sites (N-methyl/N-ethyl adjacent to an activating group) is 1. The highest BCUT2D eigenvalue weighted by molar-refractivity contribution is 14.0. The molecule has 0 amide bonds. The van der Waals surface area contributed by atoms with Crippen molar-refractivity contribution in [3.8, 4) is 0 Å². The summed E-state index contributed by atoms with van der Waals surface area (Å²) in [6, 6.07) is 4.28. The van der Waals surface area contributed by atoms with Crippen molar-refractivity contribution in [3.63, 3.8) is 0 Å². The molecule has 27 heavy (non-hydrogen) atoms. The highest BCUT2D eigenvalue weighted by Gasteiger charge is 2.16. The Morgan fingerprint density at radius 3 is 2.70 bits per heavy atom. The number of guanidine groups is 1. The van der Waals surface area contributed by atoms with Gasteiger partial charge >= 0.3 is 0 Å². The van der Waals surface area contributed by atoms with Crippen LogP contribution in [0.2, 0.25) is 0 Å². The predicted molar refractivity (Wildman–Crippen MR) is 128 cm³/mol. The summed E-state index contributed by atoms with van der Waals surface area (Å²) in [5, 5.41) is 7.55. The smallest absolute Gasteiger partial charge is 0.191 e. The van der Waals surface area contributed by atoms with Gasteiger partial charge in [-0.25, -0.2) is 9.98 Å². The fraction of sp³-hybridized carbons (Fsp3) is 0.684. The molecule has 2 saturated heterocycles. The van der Waals surface area contributed by atoms with Gasteiger partial charge in [0.15, 0.2) is 5.96 Å². The Bertz CT molecular complexity index is 568. The molecule has 0 bridgehead atoms. The Labute approximate surface area is 185 Å². The van der Waals surface area contributed by atoms with Crippen LogP contribution in [0, 0.1) is 0 Å². The van der Waals surface area contributed by atoms with Gasteiger partial charge in [0.2, 0.25) is 0 Å². The zero-order chi connectivity index (χ0) is 18.2. The zero-order valence-electron chi connectivity index (χ0n) is 16.5.